The number of aliphatic carboxylic acids is 2. The molecule has 1 heterocycles. The standard InChI is InChI=1S/C14H12.C4H4O5/c1-3-7-13(8-4-1)11-12-14-9-5-2-6-10-14;5-2(6)4(1-9-4)3(7)8/h1-12H;1H2,(H,5,6)(H,7,8). The van der Waals surface area contributed by atoms with E-state index in [2.05, 4.69) is 41.2 Å². The van der Waals surface area contributed by atoms with Gasteiger partial charge < -0.3 is 14.9 Å². The smallest absolute Gasteiger partial charge is 0.350 e. The molecule has 0 radical (unpaired) electrons. The lowest BCUT2D eigenvalue weighted by atomic mass is 10.1. The van der Waals surface area contributed by atoms with E-state index in [4.69, 9.17) is 10.2 Å². The lowest BCUT2D eigenvalue weighted by molar-refractivity contribution is -0.156. The van der Waals surface area contributed by atoms with E-state index < -0.39 is 17.5 Å². The van der Waals surface area contributed by atoms with Crippen LogP contribution in [0.25, 0.3) is 12.2 Å². The molecule has 0 aromatic heterocycles. The Balaban J connectivity index is 0.000000185. The third-order valence-corrected chi connectivity index (χ3v) is 3.19. The molecule has 1 saturated heterocycles. The molecule has 0 aliphatic carbocycles. The van der Waals surface area contributed by atoms with Gasteiger partial charge in [0.25, 0.3) is 5.60 Å². The molecule has 1 fully saturated rings. The van der Waals surface area contributed by atoms with Crippen LogP contribution in [0.1, 0.15) is 11.1 Å². The van der Waals surface area contributed by atoms with E-state index in [1.54, 1.807) is 0 Å². The number of hydrogen-bond donors (Lipinski definition) is 2. The van der Waals surface area contributed by atoms with Crippen molar-refractivity contribution in [1.82, 2.24) is 0 Å². The number of ether oxygens (including phenoxy) is 1. The van der Waals surface area contributed by atoms with E-state index in [9.17, 15) is 9.59 Å². The van der Waals surface area contributed by atoms with Gasteiger partial charge in [-0.15, -0.1) is 0 Å². The van der Waals surface area contributed by atoms with Crippen LogP contribution < -0.4 is 0 Å². The zero-order chi connectivity index (χ0) is 16.7. The Bertz CT molecular complexity index is 630. The van der Waals surface area contributed by atoms with E-state index >= 15 is 0 Å². The fourth-order valence-electron chi connectivity index (χ4n) is 1.73. The lowest BCUT2D eigenvalue weighted by Crippen LogP contribution is -2.33. The van der Waals surface area contributed by atoms with E-state index in [-0.39, 0.29) is 6.61 Å². The van der Waals surface area contributed by atoms with Gasteiger partial charge in [-0.25, -0.2) is 9.59 Å². The van der Waals surface area contributed by atoms with Crippen LogP contribution in [0.15, 0.2) is 60.7 Å². The number of carboxylic acid groups (broad SMARTS) is 2. The summed E-state index contributed by atoms with van der Waals surface area (Å²) in [6.45, 7) is -0.225. The van der Waals surface area contributed by atoms with Crippen LogP contribution in [0.5, 0.6) is 0 Å². The van der Waals surface area contributed by atoms with Crippen molar-refractivity contribution in [1.29, 1.82) is 0 Å². The maximum Gasteiger partial charge on any atom is 0.350 e. The first-order valence-corrected chi connectivity index (χ1v) is 6.93. The Morgan fingerprint density at radius 2 is 1.17 bits per heavy atom. The molecule has 0 unspecified atom stereocenters. The third-order valence-electron chi connectivity index (χ3n) is 3.19. The number of epoxide rings is 1. The summed E-state index contributed by atoms with van der Waals surface area (Å²) in [6, 6.07) is 20.6. The fraction of sp³-hybridized carbons (Fsp3) is 0.111. The first kappa shape index (κ1) is 16.5. The highest BCUT2D eigenvalue weighted by Gasteiger charge is 2.60. The van der Waals surface area contributed by atoms with Gasteiger partial charge in [0.15, 0.2) is 0 Å². The second-order valence-electron chi connectivity index (χ2n) is 4.88. The molecule has 23 heavy (non-hydrogen) atoms. The quantitative estimate of drug-likeness (QED) is 0.515. The van der Waals surface area contributed by atoms with Gasteiger partial charge in [0.05, 0.1) is 0 Å². The molecule has 0 amide bonds. The van der Waals surface area contributed by atoms with Crippen molar-refractivity contribution < 1.29 is 24.5 Å². The Morgan fingerprint density at radius 1 is 0.826 bits per heavy atom. The Kier molecular flexibility index (Phi) is 5.28. The average molecular weight is 312 g/mol. The summed E-state index contributed by atoms with van der Waals surface area (Å²) < 4.78 is 4.22. The van der Waals surface area contributed by atoms with Crippen molar-refractivity contribution in [2.75, 3.05) is 6.61 Å². The van der Waals surface area contributed by atoms with Gasteiger partial charge in [-0.3, -0.25) is 0 Å². The highest BCUT2D eigenvalue weighted by Crippen LogP contribution is 2.26. The minimum atomic E-state index is -1.92. The summed E-state index contributed by atoms with van der Waals surface area (Å²) in [4.78, 5) is 20.0. The van der Waals surface area contributed by atoms with Crippen molar-refractivity contribution in [3.8, 4) is 0 Å². The molecule has 2 aromatic rings. The minimum Gasteiger partial charge on any atom is -0.479 e. The van der Waals surface area contributed by atoms with Crippen molar-refractivity contribution in [3.05, 3.63) is 71.8 Å². The van der Waals surface area contributed by atoms with Gasteiger partial charge in [-0.2, -0.15) is 0 Å². The zero-order valence-electron chi connectivity index (χ0n) is 12.3. The number of carboxylic acids is 2. The van der Waals surface area contributed by atoms with Crippen LogP contribution in [-0.4, -0.2) is 34.4 Å². The number of rotatable bonds is 4. The molecule has 1 aliphatic heterocycles. The molecular weight excluding hydrogens is 296 g/mol. The highest BCUT2D eigenvalue weighted by molar-refractivity contribution is 6.04. The van der Waals surface area contributed by atoms with Crippen LogP contribution in [0.4, 0.5) is 0 Å². The van der Waals surface area contributed by atoms with Gasteiger partial charge >= 0.3 is 11.9 Å². The normalized spacial score (nSPS) is 14.6. The molecule has 0 atom stereocenters. The maximum atomic E-state index is 10.0. The van der Waals surface area contributed by atoms with Crippen molar-refractivity contribution >= 4 is 24.1 Å². The molecule has 5 nitrogen and oxygen atoms in total. The first-order valence-electron chi connectivity index (χ1n) is 6.93. The number of hydrogen-bond acceptors (Lipinski definition) is 3. The average Bonchev–Trinajstić information content (AvgIpc) is 3.38. The molecule has 1 aliphatic rings. The lowest BCUT2D eigenvalue weighted by Gasteiger charge is -1.95. The summed E-state index contributed by atoms with van der Waals surface area (Å²) in [5.41, 5.74) is 0.549. The highest BCUT2D eigenvalue weighted by atomic mass is 16.6. The topological polar surface area (TPSA) is 87.1 Å². The summed E-state index contributed by atoms with van der Waals surface area (Å²) in [5, 5.41) is 16.3. The predicted molar refractivity (Wildman–Crippen MR) is 85.8 cm³/mol. The van der Waals surface area contributed by atoms with E-state index in [1.807, 2.05) is 36.4 Å². The van der Waals surface area contributed by atoms with Gasteiger partial charge in [-0.1, -0.05) is 72.8 Å². The number of benzene rings is 2. The summed E-state index contributed by atoms with van der Waals surface area (Å²) in [7, 11) is 0. The second-order valence-corrected chi connectivity index (χ2v) is 4.88. The largest absolute Gasteiger partial charge is 0.479 e. The maximum absolute atomic E-state index is 10.0. The molecule has 0 bridgehead atoms. The molecule has 3 rings (SSSR count). The van der Waals surface area contributed by atoms with E-state index in [0.717, 1.165) is 0 Å². The number of carbonyl (C=O) groups is 2. The van der Waals surface area contributed by atoms with Gasteiger partial charge in [0.1, 0.15) is 6.61 Å². The van der Waals surface area contributed by atoms with Crippen LogP contribution in [0.2, 0.25) is 0 Å². The molecular formula is C18H16O5. The van der Waals surface area contributed by atoms with Gasteiger partial charge in [-0.05, 0) is 11.1 Å². The van der Waals surface area contributed by atoms with E-state index in [0.29, 0.717) is 0 Å². The molecule has 118 valence electrons. The Morgan fingerprint density at radius 3 is 1.39 bits per heavy atom. The van der Waals surface area contributed by atoms with Crippen LogP contribution in [-0.2, 0) is 14.3 Å². The van der Waals surface area contributed by atoms with Crippen LogP contribution in [0, 0.1) is 0 Å². The predicted octanol–water partition coefficient (Wildman–Crippen LogP) is 2.78. The van der Waals surface area contributed by atoms with Crippen LogP contribution >= 0.6 is 0 Å². The van der Waals surface area contributed by atoms with Crippen molar-refractivity contribution in [2.45, 2.75) is 5.60 Å². The van der Waals surface area contributed by atoms with Gasteiger partial charge in [0.2, 0.25) is 0 Å². The van der Waals surface area contributed by atoms with Gasteiger partial charge in [0, 0.05) is 0 Å². The zero-order valence-corrected chi connectivity index (χ0v) is 12.3. The summed E-state index contributed by atoms with van der Waals surface area (Å²) in [6.07, 6.45) is 4.24. The van der Waals surface area contributed by atoms with Crippen molar-refractivity contribution in [3.63, 3.8) is 0 Å². The summed E-state index contributed by atoms with van der Waals surface area (Å²) >= 11 is 0. The SMILES string of the molecule is C(=Cc1ccccc1)c1ccccc1.O=C(O)C1(C(=O)O)CO1. The molecule has 2 aromatic carbocycles. The first-order chi connectivity index (χ1) is 11.0. The molecule has 5 heteroatoms. The second kappa shape index (κ2) is 7.38. The van der Waals surface area contributed by atoms with Crippen molar-refractivity contribution in [2.24, 2.45) is 0 Å². The Hall–Kier alpha value is -2.92. The molecule has 0 spiro atoms. The fourth-order valence-corrected chi connectivity index (χ4v) is 1.73. The van der Waals surface area contributed by atoms with Crippen LogP contribution in [0.3, 0.4) is 0 Å². The minimum absolute atomic E-state index is 0.225. The van der Waals surface area contributed by atoms with E-state index in [1.165, 1.54) is 11.1 Å². The third kappa shape index (κ3) is 4.52. The summed E-state index contributed by atoms with van der Waals surface area (Å²) in [5.74, 6) is -2.87. The molecule has 0 saturated carbocycles. The molecule has 2 N–H and O–H groups in total. The monoisotopic (exact) mass is 312 g/mol. The Labute approximate surface area is 133 Å².